The van der Waals surface area contributed by atoms with Crippen molar-refractivity contribution in [2.24, 2.45) is 0 Å². The molecule has 2 aromatic carbocycles. The summed E-state index contributed by atoms with van der Waals surface area (Å²) in [6, 6.07) is 16.7. The monoisotopic (exact) mass is 446 g/mol. The molecule has 32 heavy (non-hydrogen) atoms. The van der Waals surface area contributed by atoms with E-state index in [4.69, 9.17) is 0 Å². The van der Waals surface area contributed by atoms with E-state index >= 15 is 0 Å². The SMILES string of the molecule is Cc1cccc(CN2C(=O)/C(=C\c3ccc(C(=O)NC4CC4)cc3)SC3CCCCC32)c1. The second-order valence-corrected chi connectivity index (χ2v) is 10.6. The van der Waals surface area contributed by atoms with Gasteiger partial charge in [-0.05, 0) is 61.9 Å². The zero-order valence-corrected chi connectivity index (χ0v) is 19.4. The number of hydrogen-bond donors (Lipinski definition) is 1. The normalized spacial score (nSPS) is 24.3. The number of nitrogens with zero attached hydrogens (tertiary/aromatic N) is 1. The van der Waals surface area contributed by atoms with Gasteiger partial charge in [-0.25, -0.2) is 0 Å². The summed E-state index contributed by atoms with van der Waals surface area (Å²) < 4.78 is 0. The molecule has 3 aliphatic rings. The van der Waals surface area contributed by atoms with E-state index in [0.29, 0.717) is 29.4 Å². The van der Waals surface area contributed by atoms with Gasteiger partial charge in [-0.3, -0.25) is 9.59 Å². The van der Waals surface area contributed by atoms with Crippen LogP contribution in [-0.2, 0) is 11.3 Å². The van der Waals surface area contributed by atoms with E-state index in [1.54, 1.807) is 11.8 Å². The lowest BCUT2D eigenvalue weighted by molar-refractivity contribution is -0.130. The molecule has 3 fully saturated rings. The minimum atomic E-state index is -0.0100. The molecule has 2 atom stereocenters. The van der Waals surface area contributed by atoms with Gasteiger partial charge in [0.1, 0.15) is 0 Å². The van der Waals surface area contributed by atoms with Crippen molar-refractivity contribution in [1.29, 1.82) is 0 Å². The second kappa shape index (κ2) is 9.14. The maximum absolute atomic E-state index is 13.6. The molecule has 1 heterocycles. The molecule has 2 saturated carbocycles. The number of benzene rings is 2. The first-order valence-electron chi connectivity index (χ1n) is 11.7. The highest BCUT2D eigenvalue weighted by Gasteiger charge is 2.40. The van der Waals surface area contributed by atoms with Crippen molar-refractivity contribution in [1.82, 2.24) is 10.2 Å². The Morgan fingerprint density at radius 1 is 1.09 bits per heavy atom. The number of thioether (sulfide) groups is 1. The van der Waals surface area contributed by atoms with Gasteiger partial charge in [0.05, 0.1) is 4.91 Å². The molecule has 2 aliphatic carbocycles. The molecule has 1 saturated heterocycles. The molecule has 5 heteroatoms. The Balaban J connectivity index is 1.37. The highest BCUT2D eigenvalue weighted by atomic mass is 32.2. The Hall–Kier alpha value is -2.53. The number of fused-ring (bicyclic) bond motifs is 1. The van der Waals surface area contributed by atoms with Crippen molar-refractivity contribution >= 4 is 29.7 Å². The van der Waals surface area contributed by atoms with Crippen LogP contribution in [0.5, 0.6) is 0 Å². The maximum Gasteiger partial charge on any atom is 0.260 e. The molecule has 1 aliphatic heterocycles. The summed E-state index contributed by atoms with van der Waals surface area (Å²) in [5, 5.41) is 3.48. The van der Waals surface area contributed by atoms with Crippen LogP contribution in [-0.4, -0.2) is 34.0 Å². The highest BCUT2D eigenvalue weighted by Crippen LogP contribution is 2.42. The number of amides is 2. The third-order valence-electron chi connectivity index (χ3n) is 6.64. The van der Waals surface area contributed by atoms with Gasteiger partial charge in [0.15, 0.2) is 0 Å². The zero-order chi connectivity index (χ0) is 22.1. The van der Waals surface area contributed by atoms with Crippen LogP contribution in [0.25, 0.3) is 6.08 Å². The molecule has 4 nitrogen and oxygen atoms in total. The largest absolute Gasteiger partial charge is 0.349 e. The molecule has 2 amide bonds. The lowest BCUT2D eigenvalue weighted by Gasteiger charge is -2.44. The topological polar surface area (TPSA) is 49.4 Å². The number of carbonyl (C=O) groups excluding carboxylic acids is 2. The number of carbonyl (C=O) groups is 2. The average Bonchev–Trinajstić information content (AvgIpc) is 3.61. The highest BCUT2D eigenvalue weighted by molar-refractivity contribution is 8.04. The van der Waals surface area contributed by atoms with E-state index in [1.807, 2.05) is 30.3 Å². The van der Waals surface area contributed by atoms with Gasteiger partial charge in [-0.1, -0.05) is 54.8 Å². The van der Waals surface area contributed by atoms with Crippen LogP contribution in [0.2, 0.25) is 0 Å². The van der Waals surface area contributed by atoms with Crippen LogP contribution >= 0.6 is 11.8 Å². The Kier molecular flexibility index (Phi) is 6.09. The fourth-order valence-corrected chi connectivity index (χ4v) is 6.22. The maximum atomic E-state index is 13.6. The molecule has 166 valence electrons. The van der Waals surface area contributed by atoms with Crippen LogP contribution in [0.3, 0.4) is 0 Å². The Labute approximate surface area is 194 Å². The summed E-state index contributed by atoms with van der Waals surface area (Å²) in [5.74, 6) is 0.124. The van der Waals surface area contributed by atoms with Gasteiger partial charge in [0.2, 0.25) is 0 Å². The predicted octanol–water partition coefficient (Wildman–Crippen LogP) is 5.31. The lowest BCUT2D eigenvalue weighted by Crippen LogP contribution is -2.50. The molecule has 0 bridgehead atoms. The summed E-state index contributed by atoms with van der Waals surface area (Å²) in [5.41, 5.74) is 4.06. The number of nitrogens with one attached hydrogen (secondary N) is 1. The van der Waals surface area contributed by atoms with E-state index in [9.17, 15) is 9.59 Å². The molecule has 2 unspecified atom stereocenters. The van der Waals surface area contributed by atoms with E-state index in [0.717, 1.165) is 36.2 Å². The summed E-state index contributed by atoms with van der Waals surface area (Å²) in [7, 11) is 0. The van der Waals surface area contributed by atoms with Crippen LogP contribution in [0.1, 0.15) is 65.6 Å². The Bertz CT molecular complexity index is 1040. The third kappa shape index (κ3) is 4.78. The summed E-state index contributed by atoms with van der Waals surface area (Å²) in [4.78, 5) is 28.7. The van der Waals surface area contributed by atoms with Gasteiger partial charge in [0, 0.05) is 29.4 Å². The minimum Gasteiger partial charge on any atom is -0.349 e. The van der Waals surface area contributed by atoms with Crippen LogP contribution in [0.15, 0.2) is 53.4 Å². The van der Waals surface area contributed by atoms with E-state index in [-0.39, 0.29) is 11.8 Å². The number of rotatable bonds is 5. The molecular formula is C27H30N2O2S. The summed E-state index contributed by atoms with van der Waals surface area (Å²) in [6.07, 6.45) is 8.84. The number of aryl methyl sites for hydroxylation is 1. The minimum absolute atomic E-state index is 0.0100. The predicted molar refractivity (Wildman–Crippen MR) is 130 cm³/mol. The Morgan fingerprint density at radius 2 is 1.88 bits per heavy atom. The standard InChI is InChI=1S/C27H30N2O2S/c1-18-5-4-6-20(15-18)17-29-23-7-2-3-8-24(23)32-25(27(29)31)16-19-9-11-21(12-10-19)26(30)28-22-13-14-22/h4-6,9-12,15-16,22-24H,2-3,7-8,13-14,17H2,1H3,(H,28,30)/b25-16+. The van der Waals surface area contributed by atoms with Crippen molar-refractivity contribution in [2.45, 2.75) is 69.3 Å². The first-order chi connectivity index (χ1) is 15.6. The van der Waals surface area contributed by atoms with Crippen molar-refractivity contribution < 1.29 is 9.59 Å². The summed E-state index contributed by atoms with van der Waals surface area (Å²) in [6.45, 7) is 2.76. The first-order valence-corrected chi connectivity index (χ1v) is 12.6. The van der Waals surface area contributed by atoms with Gasteiger partial charge in [0.25, 0.3) is 11.8 Å². The van der Waals surface area contributed by atoms with E-state index in [1.165, 1.54) is 24.0 Å². The molecule has 0 radical (unpaired) electrons. The Morgan fingerprint density at radius 3 is 2.62 bits per heavy atom. The lowest BCUT2D eigenvalue weighted by atomic mass is 9.92. The van der Waals surface area contributed by atoms with Crippen molar-refractivity contribution in [2.75, 3.05) is 0 Å². The van der Waals surface area contributed by atoms with Crippen LogP contribution < -0.4 is 5.32 Å². The number of hydrogen-bond acceptors (Lipinski definition) is 3. The zero-order valence-electron chi connectivity index (χ0n) is 18.5. The van der Waals surface area contributed by atoms with E-state index in [2.05, 4.69) is 41.4 Å². The van der Waals surface area contributed by atoms with Crippen molar-refractivity contribution in [3.8, 4) is 0 Å². The quantitative estimate of drug-likeness (QED) is 0.633. The molecule has 0 aromatic heterocycles. The van der Waals surface area contributed by atoms with Gasteiger partial charge < -0.3 is 10.2 Å². The molecular weight excluding hydrogens is 416 g/mol. The summed E-state index contributed by atoms with van der Waals surface area (Å²) >= 11 is 1.75. The van der Waals surface area contributed by atoms with Crippen molar-refractivity contribution in [3.05, 3.63) is 75.7 Å². The second-order valence-electron chi connectivity index (χ2n) is 9.31. The molecule has 1 N–H and O–H groups in total. The van der Waals surface area contributed by atoms with E-state index < -0.39 is 0 Å². The smallest absolute Gasteiger partial charge is 0.260 e. The van der Waals surface area contributed by atoms with Gasteiger partial charge in [-0.2, -0.15) is 0 Å². The molecule has 2 aromatic rings. The van der Waals surface area contributed by atoms with Gasteiger partial charge >= 0.3 is 0 Å². The third-order valence-corrected chi connectivity index (χ3v) is 8.04. The van der Waals surface area contributed by atoms with Crippen LogP contribution in [0.4, 0.5) is 0 Å². The molecule has 5 rings (SSSR count). The fourth-order valence-electron chi connectivity index (χ4n) is 4.75. The fraction of sp³-hybridized carbons (Fsp3) is 0.407. The molecule has 0 spiro atoms. The van der Waals surface area contributed by atoms with Crippen molar-refractivity contribution in [3.63, 3.8) is 0 Å². The van der Waals surface area contributed by atoms with Crippen LogP contribution in [0, 0.1) is 6.92 Å². The average molecular weight is 447 g/mol. The first kappa shape index (κ1) is 21.3. The van der Waals surface area contributed by atoms with Gasteiger partial charge in [-0.15, -0.1) is 11.8 Å².